The molecule has 0 heteroatoms. The van der Waals surface area contributed by atoms with E-state index in [2.05, 4.69) is 96.5 Å². The van der Waals surface area contributed by atoms with Gasteiger partial charge in [-0.15, -0.1) is 19.7 Å². The third kappa shape index (κ3) is 18.3. The molecule has 0 fully saturated rings. The second-order valence-electron chi connectivity index (χ2n) is 6.44. The summed E-state index contributed by atoms with van der Waals surface area (Å²) in [5.41, 5.74) is 8.92. The van der Waals surface area contributed by atoms with Gasteiger partial charge >= 0.3 is 0 Å². The number of hydrogen-bond donors (Lipinski definition) is 0. The van der Waals surface area contributed by atoms with Gasteiger partial charge in [0.15, 0.2) is 0 Å². The zero-order valence-electron chi connectivity index (χ0n) is 19.4. The van der Waals surface area contributed by atoms with Gasteiger partial charge in [-0.3, -0.25) is 0 Å². The highest BCUT2D eigenvalue weighted by molar-refractivity contribution is 5.61. The normalized spacial score (nSPS) is 8.04. The van der Waals surface area contributed by atoms with E-state index in [1.807, 2.05) is 34.6 Å². The predicted octanol–water partition coefficient (Wildman–Crippen LogP) is 9.05. The summed E-state index contributed by atoms with van der Waals surface area (Å²) in [5, 5.41) is 0. The average molecular weight is 367 g/mol. The first-order valence-electron chi connectivity index (χ1n) is 9.52. The molecule has 0 aliphatic carbocycles. The molecule has 0 N–H and O–H groups in total. The van der Waals surface area contributed by atoms with Crippen LogP contribution in [-0.4, -0.2) is 0 Å². The highest BCUT2D eigenvalue weighted by atomic mass is 14.0. The number of benzene rings is 2. The van der Waals surface area contributed by atoms with Crippen LogP contribution < -0.4 is 0 Å². The second kappa shape index (κ2) is 18.5. The first kappa shape index (κ1) is 29.4. The Morgan fingerprint density at radius 1 is 0.630 bits per heavy atom. The van der Waals surface area contributed by atoms with Gasteiger partial charge in [-0.25, -0.2) is 0 Å². The molecule has 2 aromatic carbocycles. The van der Waals surface area contributed by atoms with Crippen molar-refractivity contribution in [3.63, 3.8) is 0 Å². The molecule has 0 unspecified atom stereocenters. The number of rotatable bonds is 1. The first-order valence-corrected chi connectivity index (χ1v) is 9.52. The summed E-state index contributed by atoms with van der Waals surface area (Å²) in [6.45, 7) is 31.9. The third-order valence-electron chi connectivity index (χ3n) is 3.21. The van der Waals surface area contributed by atoms with Gasteiger partial charge in [0.25, 0.3) is 0 Å². The highest BCUT2D eigenvalue weighted by Gasteiger charge is 1.90. The Morgan fingerprint density at radius 2 is 1.00 bits per heavy atom. The van der Waals surface area contributed by atoms with E-state index in [0.29, 0.717) is 0 Å². The first-order chi connectivity index (χ1) is 12.6. The number of hydrogen-bond acceptors (Lipinski definition) is 0. The van der Waals surface area contributed by atoms with Crippen molar-refractivity contribution in [3.8, 4) is 0 Å². The molecule has 0 bridgehead atoms. The van der Waals surface area contributed by atoms with E-state index in [0.717, 1.165) is 5.57 Å². The summed E-state index contributed by atoms with van der Waals surface area (Å²) in [6, 6.07) is 14.9. The lowest BCUT2D eigenvalue weighted by molar-refractivity contribution is 1.30. The van der Waals surface area contributed by atoms with Crippen LogP contribution in [0.3, 0.4) is 0 Å². The minimum absolute atomic E-state index is 1.13. The smallest absolute Gasteiger partial charge is 0.0233 e. The van der Waals surface area contributed by atoms with E-state index in [9.17, 15) is 0 Å². The van der Waals surface area contributed by atoms with Crippen LogP contribution in [0, 0.1) is 27.7 Å². The molecule has 0 saturated carbocycles. The molecule has 0 atom stereocenters. The van der Waals surface area contributed by atoms with E-state index in [4.69, 9.17) is 0 Å². The van der Waals surface area contributed by atoms with E-state index < -0.39 is 0 Å². The summed E-state index contributed by atoms with van der Waals surface area (Å²) in [5.74, 6) is 0. The zero-order valence-corrected chi connectivity index (χ0v) is 19.4. The van der Waals surface area contributed by atoms with Crippen LogP contribution in [0.2, 0.25) is 0 Å². The number of allylic oxidation sites excluding steroid dienone is 2. The van der Waals surface area contributed by atoms with Gasteiger partial charge < -0.3 is 0 Å². The maximum Gasteiger partial charge on any atom is -0.0233 e. The van der Waals surface area contributed by atoms with Crippen molar-refractivity contribution in [2.45, 2.75) is 62.3 Å². The monoisotopic (exact) mass is 366 g/mol. The van der Waals surface area contributed by atoms with Gasteiger partial charge in [0.05, 0.1) is 0 Å². The molecule has 0 heterocycles. The molecule has 0 nitrogen and oxygen atoms in total. The summed E-state index contributed by atoms with van der Waals surface area (Å²) in [7, 11) is 0. The van der Waals surface area contributed by atoms with Crippen molar-refractivity contribution in [1.82, 2.24) is 0 Å². The predicted molar refractivity (Wildman–Crippen MR) is 130 cm³/mol. The lowest BCUT2D eigenvalue weighted by Crippen LogP contribution is -1.79. The van der Waals surface area contributed by atoms with Crippen LogP contribution >= 0.6 is 0 Å². The minimum atomic E-state index is 1.13. The Hall–Kier alpha value is -2.34. The molecule has 0 aliphatic rings. The molecule has 0 aromatic heterocycles. The van der Waals surface area contributed by atoms with Gasteiger partial charge in [0.1, 0.15) is 0 Å². The van der Waals surface area contributed by atoms with Crippen molar-refractivity contribution in [3.05, 3.63) is 102 Å². The Kier molecular flexibility index (Phi) is 20.1. The number of aryl methyl sites for hydroxylation is 4. The molecule has 0 aliphatic heterocycles. The van der Waals surface area contributed by atoms with Crippen LogP contribution in [0.1, 0.15) is 62.4 Å². The van der Waals surface area contributed by atoms with E-state index in [-0.39, 0.29) is 0 Å². The van der Waals surface area contributed by atoms with Gasteiger partial charge in [0.2, 0.25) is 0 Å². The molecule has 150 valence electrons. The highest BCUT2D eigenvalue weighted by Crippen LogP contribution is 2.11. The molecular weight excluding hydrogens is 324 g/mol. The van der Waals surface area contributed by atoms with Crippen molar-refractivity contribution >= 4 is 5.57 Å². The van der Waals surface area contributed by atoms with Crippen molar-refractivity contribution in [2.75, 3.05) is 0 Å². The standard InChI is InChI=1S/C10H12.C9H12.C4H8.C2H6.C2H4/c1-8(2)10-6-4-9(3)5-7-10;1-7-4-5-8(2)9(3)6-7;1-4(2)3;2*1-2/h4-7H,1H2,2-3H3;4-6H,1-3H3;1H2,2-3H3;1-2H3;1-2H2. The van der Waals surface area contributed by atoms with E-state index in [1.54, 1.807) is 0 Å². The van der Waals surface area contributed by atoms with Gasteiger partial charge in [-0.2, -0.15) is 0 Å². The Bertz CT molecular complexity index is 638. The lowest BCUT2D eigenvalue weighted by Gasteiger charge is -1.98. The van der Waals surface area contributed by atoms with Gasteiger partial charge in [-0.05, 0) is 65.2 Å². The SMILES string of the molecule is C=C.C=C(C)C.C=C(C)c1ccc(C)cc1.CC.Cc1ccc(C)c(C)c1. The maximum atomic E-state index is 3.86. The summed E-state index contributed by atoms with van der Waals surface area (Å²) in [4.78, 5) is 0. The molecule has 0 saturated heterocycles. The Labute approximate surface area is 170 Å². The van der Waals surface area contributed by atoms with Crippen LogP contribution in [0.4, 0.5) is 0 Å². The molecule has 2 rings (SSSR count). The molecule has 2 aromatic rings. The van der Waals surface area contributed by atoms with E-state index in [1.165, 1.54) is 33.4 Å². The molecule has 0 amide bonds. The maximum absolute atomic E-state index is 3.86. The van der Waals surface area contributed by atoms with Crippen LogP contribution in [0.15, 0.2) is 74.4 Å². The fraction of sp³-hybridized carbons (Fsp3) is 0.333. The van der Waals surface area contributed by atoms with Crippen LogP contribution in [0.5, 0.6) is 0 Å². The summed E-state index contributed by atoms with van der Waals surface area (Å²) < 4.78 is 0. The second-order valence-corrected chi connectivity index (χ2v) is 6.44. The topological polar surface area (TPSA) is 0 Å². The summed E-state index contributed by atoms with van der Waals surface area (Å²) in [6.07, 6.45) is 0. The Morgan fingerprint density at radius 3 is 1.30 bits per heavy atom. The van der Waals surface area contributed by atoms with Crippen molar-refractivity contribution < 1.29 is 0 Å². The fourth-order valence-electron chi connectivity index (χ4n) is 1.73. The Balaban J connectivity index is -0.000000312. The van der Waals surface area contributed by atoms with Crippen LogP contribution in [0.25, 0.3) is 5.57 Å². The quantitative estimate of drug-likeness (QED) is 0.441. The fourth-order valence-corrected chi connectivity index (χ4v) is 1.73. The van der Waals surface area contributed by atoms with Crippen molar-refractivity contribution in [1.29, 1.82) is 0 Å². The lowest BCUT2D eigenvalue weighted by atomic mass is 10.1. The zero-order chi connectivity index (χ0) is 22.0. The largest absolute Gasteiger partial charge is 0.106 e. The molecule has 0 spiro atoms. The molecular formula is C27H42. The average Bonchev–Trinajstić information content (AvgIpc) is 2.62. The van der Waals surface area contributed by atoms with Crippen LogP contribution in [-0.2, 0) is 0 Å². The molecule has 27 heavy (non-hydrogen) atoms. The van der Waals surface area contributed by atoms with E-state index >= 15 is 0 Å². The summed E-state index contributed by atoms with van der Waals surface area (Å²) >= 11 is 0. The van der Waals surface area contributed by atoms with Gasteiger partial charge in [0, 0.05) is 0 Å². The third-order valence-corrected chi connectivity index (χ3v) is 3.21. The minimum Gasteiger partial charge on any atom is -0.106 e. The van der Waals surface area contributed by atoms with Crippen molar-refractivity contribution in [2.24, 2.45) is 0 Å². The molecule has 0 radical (unpaired) electrons. The van der Waals surface area contributed by atoms with Gasteiger partial charge in [-0.1, -0.05) is 85.2 Å².